The van der Waals surface area contributed by atoms with E-state index >= 15 is 0 Å². The van der Waals surface area contributed by atoms with Crippen molar-refractivity contribution in [1.82, 2.24) is 0 Å². The van der Waals surface area contributed by atoms with Gasteiger partial charge in [0.2, 0.25) is 0 Å². The summed E-state index contributed by atoms with van der Waals surface area (Å²) in [6, 6.07) is 0. The Morgan fingerprint density at radius 3 is 0.806 bits per heavy atom. The number of phosphoric acid groups is 2. The quantitative estimate of drug-likeness (QED) is 0.0169. The van der Waals surface area contributed by atoms with Gasteiger partial charge in [-0.1, -0.05) is 279 Å². The van der Waals surface area contributed by atoms with Crippen molar-refractivity contribution in [1.29, 1.82) is 0 Å². The highest BCUT2D eigenvalue weighted by molar-refractivity contribution is 7.47. The number of ether oxygens (including phenoxy) is 4. The fourth-order valence-corrected chi connectivity index (χ4v) is 11.3. The molecule has 0 fully saturated rings. The smallest absolute Gasteiger partial charge is 0.462 e. The lowest BCUT2D eigenvalue weighted by molar-refractivity contribution is -0.161. The summed E-state index contributed by atoms with van der Waals surface area (Å²) in [5, 5.41) is 10.6. The second-order valence-corrected chi connectivity index (χ2v) is 28.8. The Kier molecular flexibility index (Phi) is 74.1. The Morgan fingerprint density at radius 2 is 0.500 bits per heavy atom. The molecule has 3 N–H and O–H groups in total. The molecule has 108 heavy (non-hydrogen) atoms. The first-order valence-corrected chi connectivity index (χ1v) is 43.3. The Labute approximate surface area is 652 Å². The minimum absolute atomic E-state index is 0.0211. The monoisotopic (exact) mass is 1540 g/mol. The molecule has 0 aromatic heterocycles. The number of allylic oxidation sites excluding steroid dienone is 34. The van der Waals surface area contributed by atoms with E-state index in [2.05, 4.69) is 216 Å². The standard InChI is InChI=1S/C89H140O17P2/c1-5-9-13-17-21-25-29-33-36-39-41-44-46-50-53-57-61-65-69-73-86(91)99-79-84(105-88(93)75-71-67-63-59-55-49-32-28-24-20-16-12-8-4)81-103-107(95,96)101-77-83(90)78-102-108(97,98)104-82-85(106-89(94)76-72-68-64-60-56-52-48-43-38-35-31-27-23-19-15-11-7-3)80-100-87(92)74-70-66-62-58-54-51-47-45-42-40-37-34-30-26-22-18-14-10-6-2/h9-11,13-16,20-23,25-28,32-38,41-42,44-45,48,50-54,62,66,83-85,90H,5-8,12,17-19,24,29-31,39-40,43,46-47,49,55-61,63-65,67-82H2,1-4H3,(H,95,96)(H,97,98)/b13-9-,14-10-,15-11-,20-16-,25-21-,26-22-,27-23-,32-28-,36-33-,37-34-,38-35-,44-41-,45-42-,52-48-,53-50-,54-51-,66-62-. The Hall–Kier alpha value is -6.36. The van der Waals surface area contributed by atoms with Crippen LogP contribution in [0, 0.1) is 0 Å². The van der Waals surface area contributed by atoms with Gasteiger partial charge in [-0.3, -0.25) is 37.3 Å². The number of rotatable bonds is 73. The molecule has 0 bridgehead atoms. The predicted octanol–water partition coefficient (Wildman–Crippen LogP) is 23.9. The zero-order valence-electron chi connectivity index (χ0n) is 66.4. The summed E-state index contributed by atoms with van der Waals surface area (Å²) in [6.07, 6.45) is 98.2. The Bertz CT molecular complexity index is 2860. The van der Waals surface area contributed by atoms with Crippen LogP contribution >= 0.6 is 15.6 Å². The van der Waals surface area contributed by atoms with Gasteiger partial charge in [-0.05, 0) is 173 Å². The van der Waals surface area contributed by atoms with Gasteiger partial charge in [0.25, 0.3) is 0 Å². The normalized spacial score (nSPS) is 14.9. The number of phosphoric ester groups is 2. The maximum atomic E-state index is 13.1. The van der Waals surface area contributed by atoms with E-state index in [4.69, 9.17) is 37.0 Å². The van der Waals surface area contributed by atoms with E-state index in [9.17, 15) is 43.2 Å². The van der Waals surface area contributed by atoms with Gasteiger partial charge in [0, 0.05) is 25.7 Å². The molecular weight excluding hydrogens is 1400 g/mol. The van der Waals surface area contributed by atoms with Crippen LogP contribution in [0.15, 0.2) is 207 Å². The molecule has 0 aromatic rings. The zero-order chi connectivity index (χ0) is 78.9. The number of aliphatic hydroxyl groups excluding tert-OH is 1. The van der Waals surface area contributed by atoms with Gasteiger partial charge in [-0.2, -0.15) is 0 Å². The van der Waals surface area contributed by atoms with Gasteiger partial charge in [-0.25, -0.2) is 9.13 Å². The zero-order valence-corrected chi connectivity index (χ0v) is 68.2. The van der Waals surface area contributed by atoms with Gasteiger partial charge < -0.3 is 33.8 Å². The van der Waals surface area contributed by atoms with Crippen molar-refractivity contribution in [3.05, 3.63) is 207 Å². The van der Waals surface area contributed by atoms with E-state index in [1.54, 1.807) is 0 Å². The summed E-state index contributed by atoms with van der Waals surface area (Å²) >= 11 is 0. The van der Waals surface area contributed by atoms with Crippen LogP contribution < -0.4 is 0 Å². The molecular formula is C89H140O17P2. The second-order valence-electron chi connectivity index (χ2n) is 25.9. The number of esters is 4. The van der Waals surface area contributed by atoms with Crippen molar-refractivity contribution in [2.24, 2.45) is 0 Å². The van der Waals surface area contributed by atoms with Crippen LogP contribution in [0.25, 0.3) is 0 Å². The number of hydrogen-bond acceptors (Lipinski definition) is 15. The van der Waals surface area contributed by atoms with Crippen molar-refractivity contribution >= 4 is 39.5 Å². The van der Waals surface area contributed by atoms with Crippen LogP contribution in [-0.2, 0) is 65.4 Å². The summed E-state index contributed by atoms with van der Waals surface area (Å²) in [6.45, 7) is 4.27. The van der Waals surface area contributed by atoms with Crippen LogP contribution in [-0.4, -0.2) is 96.7 Å². The number of unbranched alkanes of at least 4 members (excludes halogenated alkanes) is 13. The molecule has 0 amide bonds. The van der Waals surface area contributed by atoms with Crippen LogP contribution in [0.2, 0.25) is 0 Å². The maximum absolute atomic E-state index is 13.1. The van der Waals surface area contributed by atoms with E-state index in [-0.39, 0.29) is 25.7 Å². The van der Waals surface area contributed by atoms with E-state index in [0.29, 0.717) is 32.1 Å². The van der Waals surface area contributed by atoms with Gasteiger partial charge in [-0.15, -0.1) is 0 Å². The molecule has 19 heteroatoms. The Balaban J connectivity index is 5.51. The summed E-state index contributed by atoms with van der Waals surface area (Å²) in [5.74, 6) is -2.38. The van der Waals surface area contributed by atoms with Crippen LogP contribution in [0.5, 0.6) is 0 Å². The number of hydrogen-bond donors (Lipinski definition) is 3. The fraction of sp³-hybridized carbons (Fsp3) is 0.573. The highest BCUT2D eigenvalue weighted by Gasteiger charge is 2.30. The van der Waals surface area contributed by atoms with E-state index in [1.165, 1.54) is 0 Å². The third kappa shape index (κ3) is 77.8. The summed E-state index contributed by atoms with van der Waals surface area (Å²) < 4.78 is 68.5. The van der Waals surface area contributed by atoms with Crippen molar-refractivity contribution in [2.75, 3.05) is 39.6 Å². The molecule has 0 radical (unpaired) electrons. The molecule has 0 rings (SSSR count). The maximum Gasteiger partial charge on any atom is 0.472 e. The van der Waals surface area contributed by atoms with E-state index in [1.807, 2.05) is 18.2 Å². The first-order valence-electron chi connectivity index (χ1n) is 40.3. The lowest BCUT2D eigenvalue weighted by Gasteiger charge is -2.21. The minimum Gasteiger partial charge on any atom is -0.462 e. The molecule has 0 aliphatic rings. The highest BCUT2D eigenvalue weighted by Crippen LogP contribution is 2.45. The third-order valence-corrected chi connectivity index (χ3v) is 17.6. The number of aliphatic hydroxyl groups is 1. The number of carbonyl (C=O) groups excluding carboxylic acids is 4. The molecule has 0 aromatic carbocycles. The largest absolute Gasteiger partial charge is 0.472 e. The van der Waals surface area contributed by atoms with Crippen LogP contribution in [0.1, 0.15) is 272 Å². The van der Waals surface area contributed by atoms with Crippen molar-refractivity contribution in [2.45, 2.75) is 290 Å². The summed E-state index contributed by atoms with van der Waals surface area (Å²) in [4.78, 5) is 73.1. The van der Waals surface area contributed by atoms with Crippen molar-refractivity contribution in [3.63, 3.8) is 0 Å². The van der Waals surface area contributed by atoms with Crippen molar-refractivity contribution < 1.29 is 80.2 Å². The van der Waals surface area contributed by atoms with Gasteiger partial charge >= 0.3 is 39.5 Å². The molecule has 0 aliphatic heterocycles. The predicted molar refractivity (Wildman–Crippen MR) is 445 cm³/mol. The minimum atomic E-state index is -5.02. The molecule has 5 atom stereocenters. The second kappa shape index (κ2) is 78.8. The summed E-state index contributed by atoms with van der Waals surface area (Å²) in [7, 11) is -10.0. The van der Waals surface area contributed by atoms with Gasteiger partial charge in [0.15, 0.2) is 12.2 Å². The average Bonchev–Trinajstić information content (AvgIpc) is 0.886. The lowest BCUT2D eigenvalue weighted by Crippen LogP contribution is -2.30. The highest BCUT2D eigenvalue weighted by atomic mass is 31.2. The van der Waals surface area contributed by atoms with Crippen molar-refractivity contribution in [3.8, 4) is 0 Å². The average molecular weight is 1540 g/mol. The van der Waals surface area contributed by atoms with E-state index < -0.39 is 97.5 Å². The molecule has 0 heterocycles. The summed E-state index contributed by atoms with van der Waals surface area (Å²) in [5.41, 5.74) is 0. The molecule has 5 unspecified atom stereocenters. The first kappa shape index (κ1) is 102. The lowest BCUT2D eigenvalue weighted by atomic mass is 10.1. The van der Waals surface area contributed by atoms with Crippen LogP contribution in [0.4, 0.5) is 0 Å². The molecule has 608 valence electrons. The number of carbonyl (C=O) groups is 4. The third-order valence-electron chi connectivity index (χ3n) is 15.7. The first-order chi connectivity index (χ1) is 52.7. The molecule has 0 saturated carbocycles. The molecule has 0 saturated heterocycles. The molecule has 0 spiro atoms. The van der Waals surface area contributed by atoms with E-state index in [0.717, 1.165) is 186 Å². The molecule has 0 aliphatic carbocycles. The van der Waals surface area contributed by atoms with Gasteiger partial charge in [0.1, 0.15) is 19.3 Å². The molecule has 17 nitrogen and oxygen atoms in total. The van der Waals surface area contributed by atoms with Crippen LogP contribution in [0.3, 0.4) is 0 Å². The topological polar surface area (TPSA) is 237 Å². The fourth-order valence-electron chi connectivity index (χ4n) is 9.71. The Morgan fingerprint density at radius 1 is 0.269 bits per heavy atom. The SMILES string of the molecule is CC/C=C\C/C=C\C/C=C\C/C=C\C/C=C\C/C=C\CCC(=O)OCC(COP(=O)(O)OCC(O)COP(=O)(O)OCC(COC(=O)CCCCC/C=C\C/C=C\C/C=C\C/C=C\C/C=C\CC)OC(=O)CCCCCCC/C=C\C/C=C\CCC)OC(=O)CCCCCC/C=C\C/C=C\C/C=C\C/C=C\CC. The van der Waals surface area contributed by atoms with Gasteiger partial charge in [0.05, 0.1) is 26.4 Å².